The van der Waals surface area contributed by atoms with Crippen LogP contribution in [0.5, 0.6) is 0 Å². The summed E-state index contributed by atoms with van der Waals surface area (Å²) in [7, 11) is -3.23. The number of likely N-dealkylation sites (tertiary alicyclic amines) is 1. The molecule has 4 rings (SSSR count). The number of carbonyl (C=O) groups excluding carboxylic acids is 1. The summed E-state index contributed by atoms with van der Waals surface area (Å²) in [6.07, 6.45) is 2.36. The summed E-state index contributed by atoms with van der Waals surface area (Å²) < 4.78 is 31.4. The van der Waals surface area contributed by atoms with E-state index in [4.69, 9.17) is 4.42 Å². The minimum absolute atomic E-state index is 0.121. The lowest BCUT2D eigenvalue weighted by Gasteiger charge is -2.31. The maximum atomic E-state index is 13.0. The zero-order valence-electron chi connectivity index (χ0n) is 15.4. The van der Waals surface area contributed by atoms with Crippen LogP contribution in [0.1, 0.15) is 29.0 Å². The van der Waals surface area contributed by atoms with E-state index in [2.05, 4.69) is 4.72 Å². The van der Waals surface area contributed by atoms with E-state index in [1.807, 2.05) is 43.3 Å². The van der Waals surface area contributed by atoms with E-state index in [1.165, 1.54) is 0 Å². The SMILES string of the molecule is Cc1c(C(=O)N2CCC(NS(C)(=O)=O)CC2)oc2c1ccc1ccccc12. The third-order valence-electron chi connectivity index (χ3n) is 5.19. The molecule has 0 saturated carbocycles. The molecule has 1 aromatic heterocycles. The fourth-order valence-electron chi connectivity index (χ4n) is 3.80. The zero-order chi connectivity index (χ0) is 19.2. The van der Waals surface area contributed by atoms with Crippen molar-refractivity contribution >= 4 is 37.7 Å². The van der Waals surface area contributed by atoms with Crippen molar-refractivity contribution < 1.29 is 17.6 Å². The first-order valence-electron chi connectivity index (χ1n) is 9.01. The van der Waals surface area contributed by atoms with Crippen molar-refractivity contribution in [2.45, 2.75) is 25.8 Å². The topological polar surface area (TPSA) is 79.6 Å². The largest absolute Gasteiger partial charge is 0.450 e. The Morgan fingerprint density at radius 2 is 1.81 bits per heavy atom. The Kier molecular flexibility index (Phi) is 4.44. The summed E-state index contributed by atoms with van der Waals surface area (Å²) in [6, 6.07) is 11.9. The van der Waals surface area contributed by atoms with Crippen LogP contribution in [0, 0.1) is 6.92 Å². The summed E-state index contributed by atoms with van der Waals surface area (Å²) in [5.74, 6) is 0.237. The number of nitrogens with zero attached hydrogens (tertiary/aromatic N) is 1. The molecule has 0 spiro atoms. The highest BCUT2D eigenvalue weighted by atomic mass is 32.2. The van der Waals surface area contributed by atoms with Gasteiger partial charge in [0.05, 0.1) is 6.26 Å². The van der Waals surface area contributed by atoms with Crippen molar-refractivity contribution in [1.82, 2.24) is 9.62 Å². The number of carbonyl (C=O) groups is 1. The monoisotopic (exact) mass is 386 g/mol. The van der Waals surface area contributed by atoms with E-state index in [9.17, 15) is 13.2 Å². The molecule has 1 amide bonds. The van der Waals surface area contributed by atoms with Crippen LogP contribution in [0.3, 0.4) is 0 Å². The smallest absolute Gasteiger partial charge is 0.289 e. The first-order chi connectivity index (χ1) is 12.8. The molecule has 1 aliphatic rings. The molecule has 6 nitrogen and oxygen atoms in total. The zero-order valence-corrected chi connectivity index (χ0v) is 16.2. The second kappa shape index (κ2) is 6.65. The van der Waals surface area contributed by atoms with Gasteiger partial charge in [-0.25, -0.2) is 13.1 Å². The third kappa shape index (κ3) is 3.44. The number of piperidine rings is 1. The van der Waals surface area contributed by atoms with Gasteiger partial charge in [-0.05, 0) is 25.2 Å². The molecule has 0 atom stereocenters. The summed E-state index contributed by atoms with van der Waals surface area (Å²) in [4.78, 5) is 14.8. The minimum Gasteiger partial charge on any atom is -0.450 e. The van der Waals surface area contributed by atoms with E-state index in [0.717, 1.165) is 33.6 Å². The van der Waals surface area contributed by atoms with Gasteiger partial charge in [0.25, 0.3) is 5.91 Å². The number of hydrogen-bond donors (Lipinski definition) is 1. The first-order valence-corrected chi connectivity index (χ1v) is 10.9. The first kappa shape index (κ1) is 18.0. The molecule has 2 heterocycles. The van der Waals surface area contributed by atoms with E-state index >= 15 is 0 Å². The molecule has 0 bridgehead atoms. The highest BCUT2D eigenvalue weighted by Gasteiger charge is 2.28. The average Bonchev–Trinajstić information content (AvgIpc) is 2.98. The molecule has 7 heteroatoms. The number of fused-ring (bicyclic) bond motifs is 3. The van der Waals surface area contributed by atoms with Crippen LogP contribution >= 0.6 is 0 Å². The van der Waals surface area contributed by atoms with Gasteiger partial charge in [0, 0.05) is 35.5 Å². The fourth-order valence-corrected chi connectivity index (χ4v) is 4.64. The van der Waals surface area contributed by atoms with E-state index in [-0.39, 0.29) is 11.9 Å². The van der Waals surface area contributed by atoms with Crippen molar-refractivity contribution in [2.24, 2.45) is 0 Å². The maximum absolute atomic E-state index is 13.0. The number of furan rings is 1. The predicted molar refractivity (Wildman–Crippen MR) is 105 cm³/mol. The van der Waals surface area contributed by atoms with Crippen LogP contribution < -0.4 is 4.72 Å². The lowest BCUT2D eigenvalue weighted by Crippen LogP contribution is -2.46. The maximum Gasteiger partial charge on any atom is 0.289 e. The molecule has 1 aliphatic heterocycles. The summed E-state index contributed by atoms with van der Waals surface area (Å²) >= 11 is 0. The summed E-state index contributed by atoms with van der Waals surface area (Å²) in [5, 5.41) is 3.02. The Bertz CT molecular complexity index is 1130. The standard InChI is InChI=1S/C20H22N2O4S/c1-13-16-8-7-14-5-3-4-6-17(14)19(16)26-18(13)20(23)22-11-9-15(10-12-22)21-27(2,24)25/h3-8,15,21H,9-12H2,1-2H3. The van der Waals surface area contributed by atoms with Crippen molar-refractivity contribution in [1.29, 1.82) is 0 Å². The van der Waals surface area contributed by atoms with Crippen LogP contribution in [0.25, 0.3) is 21.7 Å². The van der Waals surface area contributed by atoms with Crippen molar-refractivity contribution in [2.75, 3.05) is 19.3 Å². The molecule has 27 heavy (non-hydrogen) atoms. The van der Waals surface area contributed by atoms with Gasteiger partial charge in [-0.15, -0.1) is 0 Å². The molecule has 3 aromatic rings. The van der Waals surface area contributed by atoms with Gasteiger partial charge < -0.3 is 9.32 Å². The van der Waals surface area contributed by atoms with Crippen LogP contribution in [0.4, 0.5) is 0 Å². The number of amides is 1. The second-order valence-corrected chi connectivity index (χ2v) is 8.96. The lowest BCUT2D eigenvalue weighted by molar-refractivity contribution is 0.0680. The predicted octanol–water partition coefficient (Wildman–Crippen LogP) is 3.05. The van der Waals surface area contributed by atoms with Crippen molar-refractivity contribution in [3.8, 4) is 0 Å². The summed E-state index contributed by atoms with van der Waals surface area (Å²) in [5.41, 5.74) is 1.58. The highest BCUT2D eigenvalue weighted by Crippen LogP contribution is 2.32. The summed E-state index contributed by atoms with van der Waals surface area (Å²) in [6.45, 7) is 2.91. The average molecular weight is 386 g/mol. The van der Waals surface area contributed by atoms with E-state index in [1.54, 1.807) is 4.90 Å². The minimum atomic E-state index is -3.23. The van der Waals surface area contributed by atoms with Crippen LogP contribution in [-0.2, 0) is 10.0 Å². The molecule has 1 saturated heterocycles. The number of nitrogens with one attached hydrogen (secondary N) is 1. The Balaban J connectivity index is 1.60. The highest BCUT2D eigenvalue weighted by molar-refractivity contribution is 7.88. The van der Waals surface area contributed by atoms with Crippen LogP contribution in [0.15, 0.2) is 40.8 Å². The molecular formula is C20H22N2O4S. The second-order valence-electron chi connectivity index (χ2n) is 7.18. The molecule has 0 unspecified atom stereocenters. The number of aryl methyl sites for hydroxylation is 1. The van der Waals surface area contributed by atoms with Gasteiger partial charge in [0.15, 0.2) is 5.76 Å². The fraction of sp³-hybridized carbons (Fsp3) is 0.350. The number of benzene rings is 2. The Labute approximate surface area is 158 Å². The molecule has 1 N–H and O–H groups in total. The Hall–Kier alpha value is -2.38. The third-order valence-corrected chi connectivity index (χ3v) is 5.95. The van der Waals surface area contributed by atoms with Gasteiger partial charge in [-0.3, -0.25) is 4.79 Å². The number of hydrogen-bond acceptors (Lipinski definition) is 4. The molecule has 0 aliphatic carbocycles. The number of rotatable bonds is 3. The van der Waals surface area contributed by atoms with Gasteiger partial charge >= 0.3 is 0 Å². The molecule has 0 radical (unpaired) electrons. The van der Waals surface area contributed by atoms with E-state index < -0.39 is 10.0 Å². The van der Waals surface area contributed by atoms with Crippen molar-refractivity contribution in [3.05, 3.63) is 47.7 Å². The normalized spacial score (nSPS) is 16.3. The lowest BCUT2D eigenvalue weighted by atomic mass is 10.0. The van der Waals surface area contributed by atoms with Crippen LogP contribution in [-0.4, -0.2) is 44.6 Å². The number of sulfonamides is 1. The van der Waals surface area contributed by atoms with Gasteiger partial charge in [0.1, 0.15) is 5.58 Å². The Morgan fingerprint density at radius 1 is 1.11 bits per heavy atom. The quantitative estimate of drug-likeness (QED) is 0.750. The van der Waals surface area contributed by atoms with Crippen LogP contribution in [0.2, 0.25) is 0 Å². The molecule has 2 aromatic carbocycles. The van der Waals surface area contributed by atoms with Gasteiger partial charge in [0.2, 0.25) is 10.0 Å². The van der Waals surface area contributed by atoms with E-state index in [0.29, 0.717) is 31.7 Å². The Morgan fingerprint density at radius 3 is 2.52 bits per heavy atom. The van der Waals surface area contributed by atoms with Crippen molar-refractivity contribution in [3.63, 3.8) is 0 Å². The molecular weight excluding hydrogens is 364 g/mol. The molecule has 1 fully saturated rings. The molecule has 142 valence electrons. The van der Waals surface area contributed by atoms with Gasteiger partial charge in [-0.2, -0.15) is 0 Å². The van der Waals surface area contributed by atoms with Gasteiger partial charge in [-0.1, -0.05) is 36.4 Å².